The SMILES string of the molecule is Cc1cc(COc2ccc(CCC(=O)O)c(CN(C)C)c2)c2c(c1)CC(C)(C)O2. The lowest BCUT2D eigenvalue weighted by Gasteiger charge is -2.19. The zero-order valence-electron chi connectivity index (χ0n) is 18.0. The molecule has 0 bridgehead atoms. The average Bonchev–Trinajstić information content (AvgIpc) is 2.92. The molecule has 1 heterocycles. The molecule has 156 valence electrons. The Kier molecular flexibility index (Phi) is 6.18. The van der Waals surface area contributed by atoms with E-state index in [9.17, 15) is 4.79 Å². The lowest BCUT2D eigenvalue weighted by molar-refractivity contribution is -0.136. The van der Waals surface area contributed by atoms with E-state index in [4.69, 9.17) is 14.6 Å². The third-order valence-corrected chi connectivity index (χ3v) is 5.05. The smallest absolute Gasteiger partial charge is 0.303 e. The largest absolute Gasteiger partial charge is 0.489 e. The summed E-state index contributed by atoms with van der Waals surface area (Å²) >= 11 is 0. The highest BCUT2D eigenvalue weighted by atomic mass is 16.5. The van der Waals surface area contributed by atoms with E-state index in [1.165, 1.54) is 11.1 Å². The standard InChI is InChI=1S/C24H31NO4/c1-16-10-18-13-24(2,3)29-23(18)20(11-16)15-28-21-8-6-17(7-9-22(26)27)19(12-21)14-25(4)5/h6,8,10-12H,7,9,13-15H2,1-5H3,(H,26,27). The summed E-state index contributed by atoms with van der Waals surface area (Å²) in [6, 6.07) is 10.3. The lowest BCUT2D eigenvalue weighted by atomic mass is 9.98. The number of carbonyl (C=O) groups is 1. The molecule has 0 aliphatic carbocycles. The Balaban J connectivity index is 1.78. The number of hydrogen-bond donors (Lipinski definition) is 1. The van der Waals surface area contributed by atoms with Crippen LogP contribution in [0.4, 0.5) is 0 Å². The predicted octanol–water partition coefficient (Wildman–Crippen LogP) is 4.37. The molecular formula is C24H31NO4. The molecule has 0 unspecified atom stereocenters. The maximum atomic E-state index is 11.0. The molecule has 1 aliphatic heterocycles. The van der Waals surface area contributed by atoms with E-state index in [1.54, 1.807) is 0 Å². The van der Waals surface area contributed by atoms with Crippen molar-refractivity contribution < 1.29 is 19.4 Å². The molecule has 0 atom stereocenters. The summed E-state index contributed by atoms with van der Waals surface area (Å²) in [7, 11) is 4.01. The number of fused-ring (bicyclic) bond motifs is 1. The van der Waals surface area contributed by atoms with Crippen molar-refractivity contribution in [3.8, 4) is 11.5 Å². The van der Waals surface area contributed by atoms with Gasteiger partial charge in [0.15, 0.2) is 0 Å². The molecule has 3 rings (SSSR count). The Morgan fingerprint density at radius 2 is 1.93 bits per heavy atom. The fraction of sp³-hybridized carbons (Fsp3) is 0.458. The van der Waals surface area contributed by atoms with Gasteiger partial charge >= 0.3 is 5.97 Å². The molecule has 0 saturated carbocycles. The molecule has 0 fully saturated rings. The van der Waals surface area contributed by atoms with Crippen LogP contribution in [0.3, 0.4) is 0 Å². The summed E-state index contributed by atoms with van der Waals surface area (Å²) in [5.74, 6) is 0.956. The number of hydrogen-bond acceptors (Lipinski definition) is 4. The van der Waals surface area contributed by atoms with Gasteiger partial charge in [0.2, 0.25) is 0 Å². The van der Waals surface area contributed by atoms with Crippen LogP contribution in [-0.4, -0.2) is 35.7 Å². The number of ether oxygens (including phenoxy) is 2. The van der Waals surface area contributed by atoms with E-state index in [0.717, 1.165) is 41.2 Å². The van der Waals surface area contributed by atoms with Crippen molar-refractivity contribution in [2.45, 2.75) is 58.8 Å². The van der Waals surface area contributed by atoms with Gasteiger partial charge < -0.3 is 19.5 Å². The van der Waals surface area contributed by atoms with Crippen LogP contribution in [0.15, 0.2) is 30.3 Å². The number of benzene rings is 2. The second-order valence-corrected chi connectivity index (χ2v) is 8.80. The minimum absolute atomic E-state index is 0.128. The van der Waals surface area contributed by atoms with E-state index in [2.05, 4.69) is 37.8 Å². The summed E-state index contributed by atoms with van der Waals surface area (Å²) in [5.41, 5.74) is 5.48. The summed E-state index contributed by atoms with van der Waals surface area (Å²) in [4.78, 5) is 13.0. The van der Waals surface area contributed by atoms with Gasteiger partial charge in [-0.15, -0.1) is 0 Å². The van der Waals surface area contributed by atoms with Crippen molar-refractivity contribution in [1.29, 1.82) is 0 Å². The van der Waals surface area contributed by atoms with E-state index in [0.29, 0.717) is 13.0 Å². The predicted molar refractivity (Wildman–Crippen MR) is 114 cm³/mol. The molecule has 2 aromatic rings. The first-order valence-corrected chi connectivity index (χ1v) is 10.1. The van der Waals surface area contributed by atoms with Gasteiger partial charge in [-0.1, -0.05) is 17.7 Å². The Labute approximate surface area is 173 Å². The molecule has 5 heteroatoms. The minimum atomic E-state index is -0.780. The fourth-order valence-electron chi connectivity index (χ4n) is 3.90. The molecule has 0 aromatic heterocycles. The fourth-order valence-corrected chi connectivity index (χ4v) is 3.90. The van der Waals surface area contributed by atoms with Crippen LogP contribution in [0.5, 0.6) is 11.5 Å². The summed E-state index contributed by atoms with van der Waals surface area (Å²) in [5, 5.41) is 9.00. The van der Waals surface area contributed by atoms with Crippen molar-refractivity contribution in [2.24, 2.45) is 0 Å². The first kappa shape index (κ1) is 21.2. The van der Waals surface area contributed by atoms with Crippen molar-refractivity contribution in [3.05, 3.63) is 58.1 Å². The van der Waals surface area contributed by atoms with Crippen LogP contribution >= 0.6 is 0 Å². The number of carboxylic acids is 1. The van der Waals surface area contributed by atoms with Gasteiger partial charge in [-0.05, 0) is 76.2 Å². The van der Waals surface area contributed by atoms with Gasteiger partial charge in [-0.25, -0.2) is 0 Å². The van der Waals surface area contributed by atoms with Crippen LogP contribution < -0.4 is 9.47 Å². The maximum Gasteiger partial charge on any atom is 0.303 e. The highest BCUT2D eigenvalue weighted by molar-refractivity contribution is 5.67. The number of aliphatic carboxylic acids is 1. The first-order valence-electron chi connectivity index (χ1n) is 10.1. The quantitative estimate of drug-likeness (QED) is 0.717. The van der Waals surface area contributed by atoms with E-state index < -0.39 is 5.97 Å². The number of carboxylic acid groups (broad SMARTS) is 1. The van der Waals surface area contributed by atoms with Crippen LogP contribution in [0, 0.1) is 6.92 Å². The molecule has 2 aromatic carbocycles. The third-order valence-electron chi connectivity index (χ3n) is 5.05. The van der Waals surface area contributed by atoms with Gasteiger partial charge in [0.25, 0.3) is 0 Å². The number of aryl methyl sites for hydroxylation is 2. The molecule has 1 N–H and O–H groups in total. The second-order valence-electron chi connectivity index (χ2n) is 8.80. The van der Waals surface area contributed by atoms with E-state index >= 15 is 0 Å². The highest BCUT2D eigenvalue weighted by Crippen LogP contribution is 2.39. The molecular weight excluding hydrogens is 366 g/mol. The van der Waals surface area contributed by atoms with Gasteiger partial charge in [-0.3, -0.25) is 4.79 Å². The topological polar surface area (TPSA) is 59.0 Å². The van der Waals surface area contributed by atoms with Gasteiger partial charge in [0.05, 0.1) is 0 Å². The summed E-state index contributed by atoms with van der Waals surface area (Å²) < 4.78 is 12.3. The third kappa shape index (κ3) is 5.51. The van der Waals surface area contributed by atoms with Crippen molar-refractivity contribution in [3.63, 3.8) is 0 Å². The van der Waals surface area contributed by atoms with E-state index in [1.807, 2.05) is 32.3 Å². The zero-order chi connectivity index (χ0) is 21.2. The Morgan fingerprint density at radius 1 is 1.17 bits per heavy atom. The van der Waals surface area contributed by atoms with Crippen LogP contribution in [0.2, 0.25) is 0 Å². The highest BCUT2D eigenvalue weighted by Gasteiger charge is 2.32. The van der Waals surface area contributed by atoms with Crippen LogP contribution in [-0.2, 0) is 30.8 Å². The minimum Gasteiger partial charge on any atom is -0.489 e. The normalized spacial score (nSPS) is 14.6. The van der Waals surface area contributed by atoms with Gasteiger partial charge in [-0.2, -0.15) is 0 Å². The maximum absolute atomic E-state index is 11.0. The summed E-state index contributed by atoms with van der Waals surface area (Å²) in [6.07, 6.45) is 1.55. The van der Waals surface area contributed by atoms with E-state index in [-0.39, 0.29) is 12.0 Å². The van der Waals surface area contributed by atoms with Crippen molar-refractivity contribution in [1.82, 2.24) is 4.90 Å². The molecule has 0 amide bonds. The monoisotopic (exact) mass is 397 g/mol. The second kappa shape index (κ2) is 8.46. The Morgan fingerprint density at radius 3 is 2.62 bits per heavy atom. The average molecular weight is 398 g/mol. The molecule has 5 nitrogen and oxygen atoms in total. The molecule has 1 aliphatic rings. The molecule has 0 spiro atoms. The summed E-state index contributed by atoms with van der Waals surface area (Å²) in [6.45, 7) is 7.49. The number of rotatable bonds is 8. The Hall–Kier alpha value is -2.53. The van der Waals surface area contributed by atoms with Crippen LogP contribution in [0.1, 0.15) is 48.1 Å². The zero-order valence-corrected chi connectivity index (χ0v) is 18.0. The van der Waals surface area contributed by atoms with Crippen LogP contribution in [0.25, 0.3) is 0 Å². The van der Waals surface area contributed by atoms with Gasteiger partial charge in [0, 0.05) is 24.9 Å². The lowest BCUT2D eigenvalue weighted by Crippen LogP contribution is -2.25. The first-order chi connectivity index (χ1) is 13.6. The van der Waals surface area contributed by atoms with Gasteiger partial charge in [0.1, 0.15) is 23.7 Å². The molecule has 0 radical (unpaired) electrons. The molecule has 29 heavy (non-hydrogen) atoms. The number of nitrogens with zero attached hydrogens (tertiary/aromatic N) is 1. The van der Waals surface area contributed by atoms with Crippen molar-refractivity contribution >= 4 is 5.97 Å². The molecule has 0 saturated heterocycles. The Bertz CT molecular complexity index is 902. The van der Waals surface area contributed by atoms with Crippen molar-refractivity contribution in [2.75, 3.05) is 14.1 Å².